The first-order valence-electron chi connectivity index (χ1n) is 8.01. The van der Waals surface area contributed by atoms with Crippen molar-refractivity contribution in [2.45, 2.75) is 18.6 Å². The number of carbonyl (C=O) groups excluding carboxylic acids is 1. The van der Waals surface area contributed by atoms with E-state index in [1.54, 1.807) is 0 Å². The van der Waals surface area contributed by atoms with E-state index in [1.807, 2.05) is 72.2 Å². The Hall–Kier alpha value is -2.66. The summed E-state index contributed by atoms with van der Waals surface area (Å²) in [5, 5.41) is 9.29. The van der Waals surface area contributed by atoms with Gasteiger partial charge in [-0.05, 0) is 6.92 Å². The Morgan fingerprint density at radius 3 is 2.52 bits per heavy atom. The molecular formula is C20H19N3OS. The highest BCUT2D eigenvalue weighted by molar-refractivity contribution is 7.99. The number of allylic oxidation sites excluding steroid dienone is 1. The van der Waals surface area contributed by atoms with Crippen LogP contribution in [0.3, 0.4) is 0 Å². The van der Waals surface area contributed by atoms with E-state index in [0.29, 0.717) is 12.3 Å². The van der Waals surface area contributed by atoms with Crippen molar-refractivity contribution in [3.8, 4) is 11.4 Å². The van der Waals surface area contributed by atoms with Crippen molar-refractivity contribution < 1.29 is 4.79 Å². The molecular weight excluding hydrogens is 330 g/mol. The highest BCUT2D eigenvalue weighted by Crippen LogP contribution is 2.24. The quantitative estimate of drug-likeness (QED) is 0.360. The molecule has 0 unspecified atom stereocenters. The van der Waals surface area contributed by atoms with Crippen LogP contribution < -0.4 is 0 Å². The van der Waals surface area contributed by atoms with Crippen molar-refractivity contribution >= 4 is 17.5 Å². The van der Waals surface area contributed by atoms with Crippen LogP contribution in [0.1, 0.15) is 15.9 Å². The summed E-state index contributed by atoms with van der Waals surface area (Å²) in [5.41, 5.74) is 2.85. The van der Waals surface area contributed by atoms with Gasteiger partial charge in [-0.1, -0.05) is 78.0 Å². The van der Waals surface area contributed by atoms with Crippen LogP contribution >= 0.6 is 11.8 Å². The van der Waals surface area contributed by atoms with Crippen LogP contribution in [0.5, 0.6) is 0 Å². The van der Waals surface area contributed by atoms with Gasteiger partial charge in [0.1, 0.15) is 0 Å². The highest BCUT2D eigenvalue weighted by atomic mass is 32.2. The lowest BCUT2D eigenvalue weighted by atomic mass is 10.1. The third kappa shape index (κ3) is 4.06. The molecule has 0 aliphatic carbocycles. The third-order valence-electron chi connectivity index (χ3n) is 3.77. The van der Waals surface area contributed by atoms with Gasteiger partial charge in [-0.15, -0.1) is 16.8 Å². The fourth-order valence-electron chi connectivity index (χ4n) is 2.44. The first kappa shape index (κ1) is 17.2. The molecule has 2 aromatic carbocycles. The van der Waals surface area contributed by atoms with E-state index >= 15 is 0 Å². The van der Waals surface area contributed by atoms with Gasteiger partial charge in [0.05, 0.1) is 5.75 Å². The molecule has 0 bridgehead atoms. The molecule has 0 spiro atoms. The summed E-state index contributed by atoms with van der Waals surface area (Å²) in [4.78, 5) is 12.4. The predicted molar refractivity (Wildman–Crippen MR) is 102 cm³/mol. The molecule has 5 heteroatoms. The van der Waals surface area contributed by atoms with Gasteiger partial charge in [-0.3, -0.25) is 9.36 Å². The number of aromatic nitrogens is 3. The van der Waals surface area contributed by atoms with Gasteiger partial charge < -0.3 is 0 Å². The molecule has 1 aromatic heterocycles. The number of nitrogens with zero attached hydrogens (tertiary/aromatic N) is 3. The lowest BCUT2D eigenvalue weighted by Crippen LogP contribution is -2.05. The van der Waals surface area contributed by atoms with Crippen LogP contribution in [0.4, 0.5) is 0 Å². The number of Topliss-reactive ketones (excluding diaryl/α,β-unsaturated/α-hetero) is 1. The monoisotopic (exact) mass is 349 g/mol. The second kappa shape index (κ2) is 7.94. The number of hydrogen-bond acceptors (Lipinski definition) is 4. The fourth-order valence-corrected chi connectivity index (χ4v) is 3.29. The van der Waals surface area contributed by atoms with Crippen LogP contribution in [0, 0.1) is 6.92 Å². The molecule has 0 saturated heterocycles. The summed E-state index contributed by atoms with van der Waals surface area (Å²) in [7, 11) is 0. The Morgan fingerprint density at radius 1 is 1.12 bits per heavy atom. The average Bonchev–Trinajstić information content (AvgIpc) is 3.04. The van der Waals surface area contributed by atoms with Crippen LogP contribution in [0.2, 0.25) is 0 Å². The SMILES string of the molecule is C=CCn1c(SCC(=O)c2ccc(C)cc2)nnc1-c1ccccc1. The smallest absolute Gasteiger partial charge is 0.192 e. The van der Waals surface area contributed by atoms with Crippen molar-refractivity contribution in [2.24, 2.45) is 0 Å². The Kier molecular flexibility index (Phi) is 5.46. The highest BCUT2D eigenvalue weighted by Gasteiger charge is 2.15. The fraction of sp³-hybridized carbons (Fsp3) is 0.150. The molecule has 126 valence electrons. The molecule has 0 saturated carbocycles. The Balaban J connectivity index is 1.78. The van der Waals surface area contributed by atoms with Gasteiger partial charge >= 0.3 is 0 Å². The topological polar surface area (TPSA) is 47.8 Å². The Morgan fingerprint density at radius 2 is 1.84 bits per heavy atom. The maximum Gasteiger partial charge on any atom is 0.192 e. The van der Waals surface area contributed by atoms with E-state index in [1.165, 1.54) is 11.8 Å². The largest absolute Gasteiger partial charge is 0.298 e. The number of aryl methyl sites for hydroxylation is 1. The van der Waals surface area contributed by atoms with E-state index < -0.39 is 0 Å². The van der Waals surface area contributed by atoms with E-state index in [-0.39, 0.29) is 5.78 Å². The number of ketones is 1. The molecule has 25 heavy (non-hydrogen) atoms. The van der Waals surface area contributed by atoms with E-state index in [2.05, 4.69) is 16.8 Å². The average molecular weight is 349 g/mol. The molecule has 0 N–H and O–H groups in total. The van der Waals surface area contributed by atoms with E-state index in [9.17, 15) is 4.79 Å². The second-order valence-electron chi connectivity index (χ2n) is 5.65. The van der Waals surface area contributed by atoms with Crippen LogP contribution in [0.15, 0.2) is 72.4 Å². The van der Waals surface area contributed by atoms with Gasteiger partial charge in [0.2, 0.25) is 0 Å². The van der Waals surface area contributed by atoms with Gasteiger partial charge in [0, 0.05) is 17.7 Å². The molecule has 1 heterocycles. The van der Waals surface area contributed by atoms with Crippen molar-refractivity contribution in [3.63, 3.8) is 0 Å². The van der Waals surface area contributed by atoms with Crippen LogP contribution in [-0.4, -0.2) is 26.3 Å². The summed E-state index contributed by atoms with van der Waals surface area (Å²) in [6.45, 7) is 6.41. The molecule has 0 aliphatic rings. The zero-order valence-electron chi connectivity index (χ0n) is 14.1. The lowest BCUT2D eigenvalue weighted by Gasteiger charge is -2.07. The summed E-state index contributed by atoms with van der Waals surface area (Å²) >= 11 is 1.40. The first-order chi connectivity index (χ1) is 12.2. The first-order valence-corrected chi connectivity index (χ1v) is 9.00. The normalized spacial score (nSPS) is 10.6. The van der Waals surface area contributed by atoms with Crippen molar-refractivity contribution in [2.75, 3.05) is 5.75 Å². The minimum Gasteiger partial charge on any atom is -0.298 e. The lowest BCUT2D eigenvalue weighted by molar-refractivity contribution is 0.102. The summed E-state index contributed by atoms with van der Waals surface area (Å²) in [5.74, 6) is 1.19. The zero-order chi connectivity index (χ0) is 17.6. The number of hydrogen-bond donors (Lipinski definition) is 0. The van der Waals surface area contributed by atoms with E-state index in [4.69, 9.17) is 0 Å². The van der Waals surface area contributed by atoms with Gasteiger partial charge in [0.25, 0.3) is 0 Å². The molecule has 3 aromatic rings. The van der Waals surface area contributed by atoms with Crippen molar-refractivity contribution in [3.05, 3.63) is 78.4 Å². The molecule has 0 atom stereocenters. The van der Waals surface area contributed by atoms with Crippen molar-refractivity contribution in [1.29, 1.82) is 0 Å². The molecule has 4 nitrogen and oxygen atoms in total. The van der Waals surface area contributed by atoms with Crippen LogP contribution in [0.25, 0.3) is 11.4 Å². The minimum absolute atomic E-state index is 0.0828. The van der Waals surface area contributed by atoms with E-state index in [0.717, 1.165) is 27.7 Å². The zero-order valence-corrected chi connectivity index (χ0v) is 14.9. The molecule has 0 amide bonds. The third-order valence-corrected chi connectivity index (χ3v) is 4.73. The number of thioether (sulfide) groups is 1. The molecule has 0 fully saturated rings. The van der Waals surface area contributed by atoms with Crippen LogP contribution in [-0.2, 0) is 6.54 Å². The van der Waals surface area contributed by atoms with Gasteiger partial charge in [-0.25, -0.2) is 0 Å². The summed E-state index contributed by atoms with van der Waals surface area (Å²) in [6.07, 6.45) is 1.81. The van der Waals surface area contributed by atoms with Gasteiger partial charge in [-0.2, -0.15) is 0 Å². The Bertz CT molecular complexity index is 870. The molecule has 0 aliphatic heterocycles. The summed E-state index contributed by atoms with van der Waals surface area (Å²) in [6, 6.07) is 17.5. The number of benzene rings is 2. The maximum atomic E-state index is 12.4. The summed E-state index contributed by atoms with van der Waals surface area (Å²) < 4.78 is 1.98. The second-order valence-corrected chi connectivity index (χ2v) is 6.59. The molecule has 0 radical (unpaired) electrons. The number of rotatable bonds is 7. The van der Waals surface area contributed by atoms with Gasteiger partial charge in [0.15, 0.2) is 16.8 Å². The number of carbonyl (C=O) groups is 1. The standard InChI is InChI=1S/C20H19N3OS/c1-3-13-23-19(17-7-5-4-6-8-17)21-22-20(23)25-14-18(24)16-11-9-15(2)10-12-16/h3-12H,1,13-14H2,2H3. The minimum atomic E-state index is 0.0828. The molecule has 3 rings (SSSR count). The Labute approximate surface area is 151 Å². The van der Waals surface area contributed by atoms with Crippen molar-refractivity contribution in [1.82, 2.24) is 14.8 Å². The predicted octanol–water partition coefficient (Wildman–Crippen LogP) is 4.41. The maximum absolute atomic E-state index is 12.4.